The molecule has 1 N–H and O–H groups in total. The predicted octanol–water partition coefficient (Wildman–Crippen LogP) is -0.781. The van der Waals surface area contributed by atoms with Crippen molar-refractivity contribution < 1.29 is 0 Å². The molecule has 1 rings (SSSR count). The maximum Gasteiger partial charge on any atom is 0.195 e. The van der Waals surface area contributed by atoms with Gasteiger partial charge in [-0.25, -0.2) is 10.0 Å². The van der Waals surface area contributed by atoms with E-state index in [1.165, 1.54) is 0 Å². The molecule has 1 saturated heterocycles. The van der Waals surface area contributed by atoms with Crippen molar-refractivity contribution >= 4 is 0 Å². The van der Waals surface area contributed by atoms with Gasteiger partial charge in [0.2, 0.25) is 0 Å². The first-order valence-corrected chi connectivity index (χ1v) is 3.43. The van der Waals surface area contributed by atoms with Gasteiger partial charge in [0.1, 0.15) is 0 Å². The Kier molecular flexibility index (Phi) is 2.49. The number of hydrogen-bond donors (Lipinski definition) is 1. The first-order valence-electron chi connectivity index (χ1n) is 3.43. The summed E-state index contributed by atoms with van der Waals surface area (Å²) >= 11 is 0. The molecule has 0 aliphatic carbocycles. The highest BCUT2D eigenvalue weighted by Gasteiger charge is 2.11. The van der Waals surface area contributed by atoms with E-state index in [2.05, 4.69) is 11.5 Å². The first-order chi connectivity index (χ1) is 4.84. The number of nitrogens with zero attached hydrogens (tertiary/aromatic N) is 3. The van der Waals surface area contributed by atoms with Gasteiger partial charge >= 0.3 is 0 Å². The van der Waals surface area contributed by atoms with Gasteiger partial charge < -0.3 is 5.32 Å². The van der Waals surface area contributed by atoms with Crippen molar-refractivity contribution in [3.8, 4) is 6.19 Å². The molecule has 10 heavy (non-hydrogen) atoms. The summed E-state index contributed by atoms with van der Waals surface area (Å²) in [6, 6.07) is 0. The Morgan fingerprint density at radius 3 is 2.60 bits per heavy atom. The lowest BCUT2D eigenvalue weighted by Crippen LogP contribution is -2.49. The Morgan fingerprint density at radius 2 is 2.10 bits per heavy atom. The Balaban J connectivity index is 2.33. The summed E-state index contributed by atoms with van der Waals surface area (Å²) in [5, 5.41) is 15.3. The number of hydrazine groups is 1. The average molecular weight is 140 g/mol. The standard InChI is InChI=1S/C6H12N4/c1-9(6-7)10-4-2-8-3-5-10/h8H,2-5H2,1H3. The van der Waals surface area contributed by atoms with Gasteiger partial charge in [0.25, 0.3) is 0 Å². The molecule has 1 aliphatic heterocycles. The third kappa shape index (κ3) is 1.59. The molecule has 1 fully saturated rings. The first kappa shape index (κ1) is 7.32. The van der Waals surface area contributed by atoms with Crippen LogP contribution in [0.2, 0.25) is 0 Å². The fraction of sp³-hybridized carbons (Fsp3) is 0.833. The van der Waals surface area contributed by atoms with Crippen LogP contribution in [0.3, 0.4) is 0 Å². The lowest BCUT2D eigenvalue weighted by molar-refractivity contribution is 0.0426. The second-order valence-electron chi connectivity index (χ2n) is 2.33. The van der Waals surface area contributed by atoms with Gasteiger partial charge in [0.15, 0.2) is 6.19 Å². The minimum absolute atomic E-state index is 0.935. The fourth-order valence-electron chi connectivity index (χ4n) is 1.02. The highest BCUT2D eigenvalue weighted by Crippen LogP contribution is 1.94. The van der Waals surface area contributed by atoms with E-state index in [1.54, 1.807) is 12.1 Å². The Labute approximate surface area is 61.0 Å². The van der Waals surface area contributed by atoms with Crippen LogP contribution >= 0.6 is 0 Å². The number of nitrogens with one attached hydrogen (secondary N) is 1. The van der Waals surface area contributed by atoms with E-state index in [4.69, 9.17) is 5.26 Å². The highest BCUT2D eigenvalue weighted by atomic mass is 15.6. The smallest absolute Gasteiger partial charge is 0.195 e. The topological polar surface area (TPSA) is 42.3 Å². The van der Waals surface area contributed by atoms with Gasteiger partial charge in [0.05, 0.1) is 0 Å². The van der Waals surface area contributed by atoms with Crippen LogP contribution in [0, 0.1) is 11.5 Å². The van der Waals surface area contributed by atoms with Crippen molar-refractivity contribution in [1.82, 2.24) is 15.3 Å². The van der Waals surface area contributed by atoms with Crippen LogP contribution in [0.25, 0.3) is 0 Å². The molecule has 0 radical (unpaired) electrons. The molecular formula is C6H12N4. The third-order valence-corrected chi connectivity index (χ3v) is 1.66. The lowest BCUT2D eigenvalue weighted by atomic mass is 10.4. The minimum Gasteiger partial charge on any atom is -0.314 e. The van der Waals surface area contributed by atoms with E-state index in [-0.39, 0.29) is 0 Å². The van der Waals surface area contributed by atoms with Gasteiger partial charge in [-0.2, -0.15) is 5.26 Å². The zero-order chi connectivity index (χ0) is 7.40. The largest absolute Gasteiger partial charge is 0.314 e. The van der Waals surface area contributed by atoms with Crippen LogP contribution in [0.1, 0.15) is 0 Å². The molecule has 0 unspecified atom stereocenters. The van der Waals surface area contributed by atoms with E-state index >= 15 is 0 Å². The zero-order valence-corrected chi connectivity index (χ0v) is 6.17. The van der Waals surface area contributed by atoms with Crippen molar-refractivity contribution in [3.05, 3.63) is 0 Å². The summed E-state index contributed by atoms with van der Waals surface area (Å²) in [4.78, 5) is 0. The normalized spacial score (nSPS) is 20.0. The lowest BCUT2D eigenvalue weighted by Gasteiger charge is -2.31. The maximum absolute atomic E-state index is 8.50. The Bertz CT molecular complexity index is 133. The van der Waals surface area contributed by atoms with Crippen molar-refractivity contribution in [1.29, 1.82) is 5.26 Å². The van der Waals surface area contributed by atoms with Crippen molar-refractivity contribution in [3.63, 3.8) is 0 Å². The van der Waals surface area contributed by atoms with E-state index < -0.39 is 0 Å². The van der Waals surface area contributed by atoms with Gasteiger partial charge in [-0.3, -0.25) is 0 Å². The number of nitriles is 1. The van der Waals surface area contributed by atoms with E-state index in [1.807, 2.05) is 5.01 Å². The van der Waals surface area contributed by atoms with Crippen molar-refractivity contribution in [2.75, 3.05) is 33.2 Å². The summed E-state index contributed by atoms with van der Waals surface area (Å²) < 4.78 is 0. The Hall–Kier alpha value is -0.790. The highest BCUT2D eigenvalue weighted by molar-refractivity contribution is 4.72. The van der Waals surface area contributed by atoms with Crippen LogP contribution < -0.4 is 5.32 Å². The molecule has 4 heteroatoms. The molecule has 0 spiro atoms. The Morgan fingerprint density at radius 1 is 1.50 bits per heavy atom. The van der Waals surface area contributed by atoms with Crippen molar-refractivity contribution in [2.45, 2.75) is 0 Å². The second kappa shape index (κ2) is 3.40. The van der Waals surface area contributed by atoms with Gasteiger partial charge in [0, 0.05) is 33.2 Å². The van der Waals surface area contributed by atoms with E-state index in [9.17, 15) is 0 Å². The average Bonchev–Trinajstić information content (AvgIpc) is 2.05. The molecule has 0 aromatic carbocycles. The molecule has 0 bridgehead atoms. The van der Waals surface area contributed by atoms with Crippen LogP contribution in [0.15, 0.2) is 0 Å². The zero-order valence-electron chi connectivity index (χ0n) is 6.17. The van der Waals surface area contributed by atoms with Crippen LogP contribution in [0.5, 0.6) is 0 Å². The molecule has 0 aromatic heterocycles. The fourth-order valence-corrected chi connectivity index (χ4v) is 1.02. The summed E-state index contributed by atoms with van der Waals surface area (Å²) in [5.41, 5.74) is 0. The molecule has 4 nitrogen and oxygen atoms in total. The summed E-state index contributed by atoms with van der Waals surface area (Å²) in [6.45, 7) is 3.83. The summed E-state index contributed by atoms with van der Waals surface area (Å²) in [6.07, 6.45) is 2.07. The molecule has 0 aromatic rings. The summed E-state index contributed by atoms with van der Waals surface area (Å²) in [7, 11) is 1.78. The molecule has 0 saturated carbocycles. The van der Waals surface area contributed by atoms with Crippen LogP contribution in [-0.2, 0) is 0 Å². The predicted molar refractivity (Wildman–Crippen MR) is 37.8 cm³/mol. The van der Waals surface area contributed by atoms with E-state index in [0.29, 0.717) is 0 Å². The molecule has 1 heterocycles. The van der Waals surface area contributed by atoms with Gasteiger partial charge in [-0.15, -0.1) is 0 Å². The third-order valence-electron chi connectivity index (χ3n) is 1.66. The number of piperazine rings is 1. The monoisotopic (exact) mass is 140 g/mol. The van der Waals surface area contributed by atoms with Crippen molar-refractivity contribution in [2.24, 2.45) is 0 Å². The van der Waals surface area contributed by atoms with Gasteiger partial charge in [-0.1, -0.05) is 0 Å². The molecule has 1 aliphatic rings. The second-order valence-corrected chi connectivity index (χ2v) is 2.33. The number of rotatable bonds is 1. The molecule has 56 valence electrons. The quantitative estimate of drug-likeness (QED) is 0.383. The minimum atomic E-state index is 0.935. The SMILES string of the molecule is CN(C#N)N1CCNCC1. The summed E-state index contributed by atoms with van der Waals surface area (Å²) in [5.74, 6) is 0. The van der Waals surface area contributed by atoms with Crippen LogP contribution in [-0.4, -0.2) is 43.2 Å². The molecule has 0 amide bonds. The van der Waals surface area contributed by atoms with E-state index in [0.717, 1.165) is 26.2 Å². The van der Waals surface area contributed by atoms with Crippen LogP contribution in [0.4, 0.5) is 0 Å². The van der Waals surface area contributed by atoms with Gasteiger partial charge in [-0.05, 0) is 0 Å². The number of hydrogen-bond acceptors (Lipinski definition) is 4. The maximum atomic E-state index is 8.50. The molecular weight excluding hydrogens is 128 g/mol. The molecule has 0 atom stereocenters.